The van der Waals surface area contributed by atoms with E-state index in [9.17, 15) is 14.4 Å². The lowest BCUT2D eigenvalue weighted by Gasteiger charge is -2.23. The third-order valence-electron chi connectivity index (χ3n) is 5.32. The lowest BCUT2D eigenvalue weighted by Crippen LogP contribution is -2.38. The van der Waals surface area contributed by atoms with Crippen molar-refractivity contribution in [3.8, 4) is 11.1 Å². The van der Waals surface area contributed by atoms with Crippen molar-refractivity contribution in [2.75, 3.05) is 20.2 Å². The highest BCUT2D eigenvalue weighted by molar-refractivity contribution is 7.17. The number of rotatable bonds is 8. The summed E-state index contributed by atoms with van der Waals surface area (Å²) in [6.07, 6.45) is 1.65. The van der Waals surface area contributed by atoms with Crippen LogP contribution in [0.4, 0.5) is 0 Å². The maximum absolute atomic E-state index is 13.2. The summed E-state index contributed by atoms with van der Waals surface area (Å²) >= 11 is 1.44. The molecule has 31 heavy (non-hydrogen) atoms. The van der Waals surface area contributed by atoms with Crippen molar-refractivity contribution in [2.45, 2.75) is 33.7 Å². The molecule has 0 N–H and O–H groups in total. The molecule has 0 aliphatic rings. The molecule has 1 atom stereocenters. The fourth-order valence-electron chi connectivity index (χ4n) is 3.46. The van der Waals surface area contributed by atoms with E-state index in [1.165, 1.54) is 29.3 Å². The normalized spacial score (nSPS) is 12.0. The van der Waals surface area contributed by atoms with Gasteiger partial charge in [0.05, 0.1) is 24.7 Å². The van der Waals surface area contributed by atoms with E-state index in [1.54, 1.807) is 11.8 Å². The Bertz CT molecular complexity index is 1130. The highest BCUT2D eigenvalue weighted by Gasteiger charge is 2.21. The Morgan fingerprint density at radius 2 is 1.97 bits per heavy atom. The average Bonchev–Trinajstić information content (AvgIpc) is 3.21. The van der Waals surface area contributed by atoms with Gasteiger partial charge in [-0.1, -0.05) is 36.8 Å². The minimum Gasteiger partial charge on any atom is -0.469 e. The van der Waals surface area contributed by atoms with E-state index in [2.05, 4.69) is 4.98 Å². The number of hydrogen-bond acceptors (Lipinski definition) is 6. The molecule has 0 radical (unpaired) electrons. The van der Waals surface area contributed by atoms with Crippen LogP contribution in [0.5, 0.6) is 0 Å². The first-order chi connectivity index (χ1) is 14.8. The minimum absolute atomic E-state index is 0.116. The summed E-state index contributed by atoms with van der Waals surface area (Å²) in [5.41, 5.74) is 2.83. The Hall–Kier alpha value is -3.00. The molecule has 0 aliphatic carbocycles. The van der Waals surface area contributed by atoms with E-state index >= 15 is 0 Å². The summed E-state index contributed by atoms with van der Waals surface area (Å²) in [6.45, 7) is 6.61. The van der Waals surface area contributed by atoms with Gasteiger partial charge in [0, 0.05) is 37.0 Å². The number of hydrogen-bond donors (Lipinski definition) is 0. The lowest BCUT2D eigenvalue weighted by atomic mass is 10.1. The number of aromatic nitrogens is 2. The molecule has 0 saturated heterocycles. The highest BCUT2D eigenvalue weighted by Crippen LogP contribution is 2.30. The molecule has 0 fully saturated rings. The Morgan fingerprint density at radius 3 is 2.61 bits per heavy atom. The molecule has 1 unspecified atom stereocenters. The van der Waals surface area contributed by atoms with Crippen LogP contribution >= 0.6 is 11.3 Å². The fourth-order valence-corrected chi connectivity index (χ4v) is 4.37. The van der Waals surface area contributed by atoms with E-state index in [0.717, 1.165) is 16.7 Å². The van der Waals surface area contributed by atoms with Crippen molar-refractivity contribution in [2.24, 2.45) is 5.92 Å². The number of amides is 1. The van der Waals surface area contributed by atoms with Gasteiger partial charge in [0.15, 0.2) is 0 Å². The van der Waals surface area contributed by atoms with E-state index < -0.39 is 5.92 Å². The predicted molar refractivity (Wildman–Crippen MR) is 122 cm³/mol. The van der Waals surface area contributed by atoms with E-state index in [0.29, 0.717) is 16.8 Å². The van der Waals surface area contributed by atoms with Crippen LogP contribution in [-0.4, -0.2) is 46.5 Å². The molecule has 8 heteroatoms. The number of carbonyl (C=O) groups is 2. The first-order valence-corrected chi connectivity index (χ1v) is 11.1. The first kappa shape index (κ1) is 22.7. The van der Waals surface area contributed by atoms with E-state index in [4.69, 9.17) is 4.74 Å². The second-order valence-corrected chi connectivity index (χ2v) is 8.40. The summed E-state index contributed by atoms with van der Waals surface area (Å²) < 4.78 is 6.23. The Morgan fingerprint density at radius 1 is 1.26 bits per heavy atom. The van der Waals surface area contributed by atoms with Crippen molar-refractivity contribution in [1.29, 1.82) is 0 Å². The SMILES string of the molecule is CCN(CC(C)C(=O)OC)C(=O)CCn1cnc2scc(-c3ccc(C)cc3)c2c1=O. The third kappa shape index (κ3) is 5.02. The summed E-state index contributed by atoms with van der Waals surface area (Å²) in [5.74, 6) is -0.870. The molecule has 1 aromatic carbocycles. The van der Waals surface area contributed by atoms with Crippen LogP contribution in [0.1, 0.15) is 25.8 Å². The Kier molecular flexibility index (Phi) is 7.22. The number of fused-ring (bicyclic) bond motifs is 1. The van der Waals surface area contributed by atoms with Gasteiger partial charge in [-0.25, -0.2) is 4.98 Å². The number of esters is 1. The van der Waals surface area contributed by atoms with Crippen LogP contribution in [0.15, 0.2) is 40.8 Å². The second kappa shape index (κ2) is 9.87. The van der Waals surface area contributed by atoms with Crippen LogP contribution in [0.2, 0.25) is 0 Å². The maximum atomic E-state index is 13.2. The van der Waals surface area contributed by atoms with Gasteiger partial charge in [-0.15, -0.1) is 11.3 Å². The number of methoxy groups -OCH3 is 1. The molecular weight excluding hydrogens is 414 g/mol. The molecule has 3 rings (SSSR count). The van der Waals surface area contributed by atoms with Crippen molar-refractivity contribution in [3.63, 3.8) is 0 Å². The number of thiophene rings is 1. The Balaban J connectivity index is 1.79. The van der Waals surface area contributed by atoms with Gasteiger partial charge in [-0.05, 0) is 19.4 Å². The maximum Gasteiger partial charge on any atom is 0.310 e. The molecule has 2 aromatic heterocycles. The van der Waals surface area contributed by atoms with Crippen LogP contribution < -0.4 is 5.56 Å². The molecule has 7 nitrogen and oxygen atoms in total. The number of benzene rings is 1. The monoisotopic (exact) mass is 441 g/mol. The number of ether oxygens (including phenoxy) is 1. The zero-order valence-electron chi connectivity index (χ0n) is 18.3. The zero-order chi connectivity index (χ0) is 22.5. The van der Waals surface area contributed by atoms with Gasteiger partial charge >= 0.3 is 5.97 Å². The molecule has 164 valence electrons. The van der Waals surface area contributed by atoms with E-state index in [1.807, 2.05) is 43.5 Å². The summed E-state index contributed by atoms with van der Waals surface area (Å²) in [4.78, 5) is 44.2. The van der Waals surface area contributed by atoms with Gasteiger partial charge in [-0.3, -0.25) is 19.0 Å². The summed E-state index contributed by atoms with van der Waals surface area (Å²) in [6, 6.07) is 8.03. The smallest absolute Gasteiger partial charge is 0.310 e. The average molecular weight is 442 g/mol. The molecule has 0 spiro atoms. The molecular formula is C23H27N3O4S. The van der Waals surface area contributed by atoms with Crippen LogP contribution in [0.25, 0.3) is 21.3 Å². The largest absolute Gasteiger partial charge is 0.469 e. The first-order valence-electron chi connectivity index (χ1n) is 10.2. The summed E-state index contributed by atoms with van der Waals surface area (Å²) in [7, 11) is 1.34. The molecule has 0 bridgehead atoms. The van der Waals surface area contributed by atoms with Gasteiger partial charge in [0.25, 0.3) is 5.56 Å². The number of carbonyl (C=O) groups excluding carboxylic acids is 2. The van der Waals surface area contributed by atoms with E-state index in [-0.39, 0.29) is 36.9 Å². The van der Waals surface area contributed by atoms with Gasteiger partial charge < -0.3 is 9.64 Å². The van der Waals surface area contributed by atoms with Crippen molar-refractivity contribution in [1.82, 2.24) is 14.5 Å². The molecule has 2 heterocycles. The molecule has 0 saturated carbocycles. The number of nitrogens with zero attached hydrogens (tertiary/aromatic N) is 3. The Labute approximate surface area is 185 Å². The highest BCUT2D eigenvalue weighted by atomic mass is 32.1. The second-order valence-electron chi connectivity index (χ2n) is 7.55. The minimum atomic E-state index is -0.405. The molecule has 3 aromatic rings. The van der Waals surface area contributed by atoms with Gasteiger partial charge in [0.1, 0.15) is 4.83 Å². The molecule has 1 amide bonds. The van der Waals surface area contributed by atoms with Crippen molar-refractivity contribution in [3.05, 3.63) is 51.9 Å². The quantitative estimate of drug-likeness (QED) is 0.500. The van der Waals surface area contributed by atoms with Gasteiger partial charge in [-0.2, -0.15) is 0 Å². The lowest BCUT2D eigenvalue weighted by molar-refractivity contribution is -0.146. The molecule has 0 aliphatic heterocycles. The fraction of sp³-hybridized carbons (Fsp3) is 0.391. The predicted octanol–water partition coefficient (Wildman–Crippen LogP) is 3.48. The third-order valence-corrected chi connectivity index (χ3v) is 6.21. The van der Waals surface area contributed by atoms with Crippen LogP contribution in [0.3, 0.4) is 0 Å². The zero-order valence-corrected chi connectivity index (χ0v) is 19.1. The standard InChI is InChI=1S/C23H27N3O4S/c1-5-25(12-16(3)23(29)30-4)19(27)10-11-26-14-24-21-20(22(26)28)18(13-31-21)17-8-6-15(2)7-9-17/h6-9,13-14,16H,5,10-12H2,1-4H3. The summed E-state index contributed by atoms with van der Waals surface area (Å²) in [5, 5.41) is 2.53. The topological polar surface area (TPSA) is 81.5 Å². The van der Waals surface area contributed by atoms with Gasteiger partial charge in [0.2, 0.25) is 5.91 Å². The van der Waals surface area contributed by atoms with Crippen LogP contribution in [0, 0.1) is 12.8 Å². The van der Waals surface area contributed by atoms with Crippen molar-refractivity contribution < 1.29 is 14.3 Å². The van der Waals surface area contributed by atoms with Crippen LogP contribution in [-0.2, 0) is 20.9 Å². The number of aryl methyl sites for hydroxylation is 2. The van der Waals surface area contributed by atoms with Crippen molar-refractivity contribution >= 4 is 33.4 Å².